The second-order valence-electron chi connectivity index (χ2n) is 8.20. The molecule has 2 unspecified atom stereocenters. The van der Waals surface area contributed by atoms with E-state index in [1.54, 1.807) is 0 Å². The number of nitrogens with two attached hydrogens (primary N) is 1. The molecule has 25 heavy (non-hydrogen) atoms. The van der Waals surface area contributed by atoms with E-state index in [9.17, 15) is 4.79 Å². The molecule has 3 heteroatoms. The fourth-order valence-electron chi connectivity index (χ4n) is 4.56. The lowest BCUT2D eigenvalue weighted by Gasteiger charge is -2.25. The van der Waals surface area contributed by atoms with Gasteiger partial charge in [0.25, 0.3) is 0 Å². The number of carbonyl (C=O) groups excluding carboxylic acids is 1. The molecule has 1 aliphatic heterocycles. The molecule has 3 rings (SSSR count). The fraction of sp³-hybridized carbons (Fsp3) is 0.682. The molecular weight excluding hydrogens is 308 g/mol. The second-order valence-corrected chi connectivity index (χ2v) is 8.20. The fourth-order valence-corrected chi connectivity index (χ4v) is 4.56. The normalized spacial score (nSPS) is 22.0. The predicted octanol–water partition coefficient (Wildman–Crippen LogP) is 4.60. The third-order valence-electron chi connectivity index (χ3n) is 6.14. The lowest BCUT2D eigenvalue weighted by atomic mass is 9.86. The average molecular weight is 343 g/mol. The molecule has 1 fully saturated rings. The van der Waals surface area contributed by atoms with Crippen LogP contribution in [0.2, 0.25) is 0 Å². The summed E-state index contributed by atoms with van der Waals surface area (Å²) in [4.78, 5) is 14.9. The minimum atomic E-state index is 0.227. The monoisotopic (exact) mass is 342 g/mol. The molecular formula is C22H34N2O. The third kappa shape index (κ3) is 4.44. The van der Waals surface area contributed by atoms with Crippen molar-refractivity contribution in [2.24, 2.45) is 11.7 Å². The molecule has 1 saturated carbocycles. The number of anilines is 1. The third-order valence-corrected chi connectivity index (χ3v) is 6.14. The molecule has 2 aliphatic rings. The van der Waals surface area contributed by atoms with Crippen LogP contribution < -0.4 is 10.6 Å². The summed E-state index contributed by atoms with van der Waals surface area (Å²) in [6.45, 7) is 4.31. The Morgan fingerprint density at radius 1 is 1.28 bits per heavy atom. The topological polar surface area (TPSA) is 46.3 Å². The van der Waals surface area contributed by atoms with Gasteiger partial charge in [0.15, 0.2) is 0 Å². The Bertz CT molecular complexity index is 592. The molecule has 1 aromatic rings. The van der Waals surface area contributed by atoms with Crippen molar-refractivity contribution < 1.29 is 4.79 Å². The molecule has 2 atom stereocenters. The van der Waals surface area contributed by atoms with Crippen LogP contribution in [-0.4, -0.2) is 18.0 Å². The molecule has 1 amide bonds. The van der Waals surface area contributed by atoms with Gasteiger partial charge < -0.3 is 10.6 Å². The SMILES string of the molecule is CCC(N)Cc1ccc2c(c1)CC(C)N2C(=O)CCC1CCCCC1. The van der Waals surface area contributed by atoms with Gasteiger partial charge in [-0.1, -0.05) is 51.2 Å². The van der Waals surface area contributed by atoms with Crippen LogP contribution in [-0.2, 0) is 17.6 Å². The van der Waals surface area contributed by atoms with Crippen molar-refractivity contribution in [3.05, 3.63) is 29.3 Å². The maximum atomic E-state index is 12.9. The van der Waals surface area contributed by atoms with Crippen LogP contribution >= 0.6 is 0 Å². The molecule has 0 radical (unpaired) electrons. The number of amides is 1. The Balaban J connectivity index is 1.64. The Morgan fingerprint density at radius 3 is 2.76 bits per heavy atom. The number of rotatable bonds is 6. The molecule has 1 aromatic carbocycles. The first-order valence-electron chi connectivity index (χ1n) is 10.3. The van der Waals surface area contributed by atoms with Crippen molar-refractivity contribution in [3.63, 3.8) is 0 Å². The maximum absolute atomic E-state index is 12.9. The molecule has 1 aliphatic carbocycles. The first-order valence-corrected chi connectivity index (χ1v) is 10.3. The molecule has 0 saturated heterocycles. The minimum absolute atomic E-state index is 0.227. The average Bonchev–Trinajstić information content (AvgIpc) is 2.95. The molecule has 2 N–H and O–H groups in total. The van der Waals surface area contributed by atoms with Crippen LogP contribution in [0.1, 0.15) is 76.3 Å². The van der Waals surface area contributed by atoms with Crippen LogP contribution in [0.4, 0.5) is 5.69 Å². The van der Waals surface area contributed by atoms with Crippen molar-refractivity contribution in [1.82, 2.24) is 0 Å². The quantitative estimate of drug-likeness (QED) is 0.821. The summed E-state index contributed by atoms with van der Waals surface area (Å²) in [7, 11) is 0. The highest BCUT2D eigenvalue weighted by molar-refractivity contribution is 5.96. The van der Waals surface area contributed by atoms with Crippen molar-refractivity contribution >= 4 is 11.6 Å². The van der Waals surface area contributed by atoms with Crippen LogP contribution in [0.25, 0.3) is 0 Å². The summed E-state index contributed by atoms with van der Waals surface area (Å²) in [6, 6.07) is 7.09. The van der Waals surface area contributed by atoms with Crippen LogP contribution in [0.3, 0.4) is 0 Å². The molecule has 0 bridgehead atoms. The lowest BCUT2D eigenvalue weighted by Crippen LogP contribution is -2.35. The number of nitrogens with zero attached hydrogens (tertiary/aromatic N) is 1. The van der Waals surface area contributed by atoms with Gasteiger partial charge in [-0.15, -0.1) is 0 Å². The summed E-state index contributed by atoms with van der Waals surface area (Å²) >= 11 is 0. The Hall–Kier alpha value is -1.35. The smallest absolute Gasteiger partial charge is 0.227 e. The first kappa shape index (κ1) is 18.4. The molecule has 0 spiro atoms. The number of carbonyl (C=O) groups is 1. The van der Waals surface area contributed by atoms with Gasteiger partial charge >= 0.3 is 0 Å². The minimum Gasteiger partial charge on any atom is -0.327 e. The Labute approximate surface area is 153 Å². The van der Waals surface area contributed by atoms with E-state index < -0.39 is 0 Å². The predicted molar refractivity (Wildman–Crippen MR) is 105 cm³/mol. The summed E-state index contributed by atoms with van der Waals surface area (Å²) in [5, 5.41) is 0. The van der Waals surface area contributed by atoms with Gasteiger partial charge in [0.05, 0.1) is 0 Å². The number of benzene rings is 1. The largest absolute Gasteiger partial charge is 0.327 e. The number of hydrogen-bond donors (Lipinski definition) is 1. The zero-order chi connectivity index (χ0) is 17.8. The molecule has 1 heterocycles. The van der Waals surface area contributed by atoms with Gasteiger partial charge in [-0.25, -0.2) is 0 Å². The zero-order valence-electron chi connectivity index (χ0n) is 16.0. The van der Waals surface area contributed by atoms with Gasteiger partial charge in [-0.2, -0.15) is 0 Å². The zero-order valence-corrected chi connectivity index (χ0v) is 16.0. The van der Waals surface area contributed by atoms with E-state index in [-0.39, 0.29) is 12.1 Å². The maximum Gasteiger partial charge on any atom is 0.227 e. The standard InChI is InChI=1S/C22H34N2O/c1-3-20(23)15-18-9-11-21-19(14-18)13-16(2)24(21)22(25)12-10-17-7-5-4-6-8-17/h9,11,14,16-17,20H,3-8,10,12-13,15,23H2,1-2H3. The summed E-state index contributed by atoms with van der Waals surface area (Å²) in [6.07, 6.45) is 11.4. The molecule has 0 aromatic heterocycles. The number of hydrogen-bond acceptors (Lipinski definition) is 2. The van der Waals surface area contributed by atoms with E-state index in [1.165, 1.54) is 43.2 Å². The van der Waals surface area contributed by atoms with E-state index in [0.717, 1.165) is 37.3 Å². The first-order chi connectivity index (χ1) is 12.1. The van der Waals surface area contributed by atoms with Crippen LogP contribution in [0.15, 0.2) is 18.2 Å². The van der Waals surface area contributed by atoms with Crippen molar-refractivity contribution in [1.29, 1.82) is 0 Å². The highest BCUT2D eigenvalue weighted by atomic mass is 16.2. The van der Waals surface area contributed by atoms with Gasteiger partial charge in [0, 0.05) is 24.2 Å². The highest BCUT2D eigenvalue weighted by Crippen LogP contribution is 2.35. The highest BCUT2D eigenvalue weighted by Gasteiger charge is 2.31. The van der Waals surface area contributed by atoms with Gasteiger partial charge in [-0.3, -0.25) is 4.79 Å². The summed E-state index contributed by atoms with van der Waals surface area (Å²) in [5.41, 5.74) is 9.85. The van der Waals surface area contributed by atoms with Crippen molar-refractivity contribution in [2.75, 3.05) is 4.90 Å². The van der Waals surface area contributed by atoms with Gasteiger partial charge in [0.1, 0.15) is 0 Å². The lowest BCUT2D eigenvalue weighted by molar-refractivity contribution is -0.119. The van der Waals surface area contributed by atoms with Crippen LogP contribution in [0.5, 0.6) is 0 Å². The van der Waals surface area contributed by atoms with E-state index in [2.05, 4.69) is 36.9 Å². The second kappa shape index (κ2) is 8.35. The summed E-state index contributed by atoms with van der Waals surface area (Å²) in [5.74, 6) is 1.09. The van der Waals surface area contributed by atoms with Crippen LogP contribution in [0, 0.1) is 5.92 Å². The van der Waals surface area contributed by atoms with Gasteiger partial charge in [-0.05, 0) is 55.7 Å². The van der Waals surface area contributed by atoms with E-state index in [4.69, 9.17) is 5.73 Å². The molecule has 138 valence electrons. The van der Waals surface area contributed by atoms with Crippen molar-refractivity contribution in [3.8, 4) is 0 Å². The number of fused-ring (bicyclic) bond motifs is 1. The van der Waals surface area contributed by atoms with E-state index >= 15 is 0 Å². The Kier molecular flexibility index (Phi) is 6.16. The van der Waals surface area contributed by atoms with Crippen molar-refractivity contribution in [2.45, 2.75) is 90.1 Å². The van der Waals surface area contributed by atoms with E-state index in [0.29, 0.717) is 12.3 Å². The molecule has 3 nitrogen and oxygen atoms in total. The Morgan fingerprint density at radius 2 is 2.04 bits per heavy atom. The van der Waals surface area contributed by atoms with Gasteiger partial charge in [0.2, 0.25) is 5.91 Å². The summed E-state index contributed by atoms with van der Waals surface area (Å²) < 4.78 is 0. The van der Waals surface area contributed by atoms with E-state index in [1.807, 2.05) is 0 Å².